The maximum absolute atomic E-state index is 11.7. The molecule has 0 aromatic carbocycles. The van der Waals surface area contributed by atoms with Gasteiger partial charge in [-0.1, -0.05) is 6.92 Å². The first-order valence-corrected chi connectivity index (χ1v) is 5.58. The molecule has 0 saturated heterocycles. The van der Waals surface area contributed by atoms with Crippen LogP contribution in [-0.4, -0.2) is 39.6 Å². The number of nitrogens with one attached hydrogen (secondary N) is 3. The lowest BCUT2D eigenvalue weighted by Gasteiger charge is -2.11. The van der Waals surface area contributed by atoms with Crippen molar-refractivity contribution in [1.82, 2.24) is 25.8 Å². The second-order valence-electron chi connectivity index (χ2n) is 3.55. The van der Waals surface area contributed by atoms with Gasteiger partial charge in [0, 0.05) is 13.0 Å². The summed E-state index contributed by atoms with van der Waals surface area (Å²) >= 11 is 0. The maximum Gasteiger partial charge on any atom is 0.291 e. The van der Waals surface area contributed by atoms with Crippen LogP contribution in [0, 0.1) is 0 Å². The van der Waals surface area contributed by atoms with E-state index in [-0.39, 0.29) is 11.7 Å². The summed E-state index contributed by atoms with van der Waals surface area (Å²) in [5.74, 6) is 0.00520. The number of hydrogen-bond acceptors (Lipinski definition) is 4. The summed E-state index contributed by atoms with van der Waals surface area (Å²) in [4.78, 5) is 27.0. The van der Waals surface area contributed by atoms with E-state index in [1.54, 1.807) is 6.92 Å². The third-order valence-electron chi connectivity index (χ3n) is 2.16. The molecule has 7 nitrogen and oxygen atoms in total. The molecule has 94 valence electrons. The number of carbonyl (C=O) groups is 2. The Morgan fingerprint density at radius 1 is 1.41 bits per heavy atom. The van der Waals surface area contributed by atoms with E-state index in [0.717, 1.165) is 0 Å². The maximum atomic E-state index is 11.7. The van der Waals surface area contributed by atoms with Crippen LogP contribution in [0.25, 0.3) is 0 Å². The third kappa shape index (κ3) is 3.54. The van der Waals surface area contributed by atoms with Gasteiger partial charge in [0.2, 0.25) is 11.7 Å². The largest absolute Gasteiger partial charge is 0.355 e. The zero-order valence-electron chi connectivity index (χ0n) is 10.2. The molecule has 1 aromatic heterocycles. The minimum absolute atomic E-state index is 0.0537. The van der Waals surface area contributed by atoms with E-state index in [9.17, 15) is 9.59 Å². The Labute approximate surface area is 99.4 Å². The molecule has 1 rings (SSSR count). The van der Waals surface area contributed by atoms with Crippen LogP contribution in [0.2, 0.25) is 0 Å². The Kier molecular flexibility index (Phi) is 4.62. The number of aromatic nitrogens is 3. The smallest absolute Gasteiger partial charge is 0.291 e. The van der Waals surface area contributed by atoms with Crippen molar-refractivity contribution in [1.29, 1.82) is 0 Å². The Morgan fingerprint density at radius 2 is 2.12 bits per heavy atom. The molecule has 1 heterocycles. The van der Waals surface area contributed by atoms with Gasteiger partial charge < -0.3 is 10.6 Å². The summed E-state index contributed by atoms with van der Waals surface area (Å²) < 4.78 is 0. The molecule has 1 unspecified atom stereocenters. The van der Waals surface area contributed by atoms with E-state index in [0.29, 0.717) is 18.8 Å². The van der Waals surface area contributed by atoms with E-state index >= 15 is 0 Å². The predicted octanol–water partition coefficient (Wildman–Crippen LogP) is -0.379. The van der Waals surface area contributed by atoms with E-state index in [1.165, 1.54) is 0 Å². The lowest BCUT2D eigenvalue weighted by molar-refractivity contribution is -0.122. The third-order valence-corrected chi connectivity index (χ3v) is 2.16. The molecule has 1 aromatic rings. The number of rotatable bonds is 5. The first-order chi connectivity index (χ1) is 8.08. The quantitative estimate of drug-likeness (QED) is 0.652. The molecule has 0 aliphatic rings. The van der Waals surface area contributed by atoms with Gasteiger partial charge in [-0.3, -0.25) is 14.7 Å². The highest BCUT2D eigenvalue weighted by Crippen LogP contribution is 1.94. The van der Waals surface area contributed by atoms with Crippen molar-refractivity contribution in [3.05, 3.63) is 11.6 Å². The molecule has 17 heavy (non-hydrogen) atoms. The summed E-state index contributed by atoms with van der Waals surface area (Å²) in [6, 6.07) is -0.606. The Hall–Kier alpha value is -1.92. The van der Waals surface area contributed by atoms with Crippen LogP contribution in [0.15, 0.2) is 0 Å². The summed E-state index contributed by atoms with van der Waals surface area (Å²) in [7, 11) is 0. The van der Waals surface area contributed by atoms with Crippen LogP contribution in [0.1, 0.15) is 37.2 Å². The molecule has 1 atom stereocenters. The number of carbonyl (C=O) groups excluding carboxylic acids is 2. The SMILES string of the molecule is CCNC(=O)C(C)NC(=O)c1n[nH]c(CC)n1. The molecule has 7 heteroatoms. The standard InChI is InChI=1S/C10H17N5O2/c1-4-7-13-8(15-14-7)10(17)12-6(3)9(16)11-5-2/h6H,4-5H2,1-3H3,(H,11,16)(H,12,17)(H,13,14,15). The van der Waals surface area contributed by atoms with Gasteiger partial charge in [-0.15, -0.1) is 5.10 Å². The molecule has 0 fully saturated rings. The minimum Gasteiger partial charge on any atom is -0.355 e. The van der Waals surface area contributed by atoms with Crippen LogP contribution < -0.4 is 10.6 Å². The van der Waals surface area contributed by atoms with E-state index in [2.05, 4.69) is 25.8 Å². The first kappa shape index (κ1) is 13.1. The lowest BCUT2D eigenvalue weighted by Crippen LogP contribution is -2.45. The van der Waals surface area contributed by atoms with Crippen LogP contribution in [-0.2, 0) is 11.2 Å². The van der Waals surface area contributed by atoms with Gasteiger partial charge in [-0.2, -0.15) is 0 Å². The van der Waals surface area contributed by atoms with Crippen molar-refractivity contribution in [3.63, 3.8) is 0 Å². The summed E-state index contributed by atoms with van der Waals surface area (Å²) in [5, 5.41) is 11.5. The van der Waals surface area contributed by atoms with Crippen LogP contribution >= 0.6 is 0 Å². The molecule has 0 bridgehead atoms. The highest BCUT2D eigenvalue weighted by molar-refractivity contribution is 5.94. The zero-order chi connectivity index (χ0) is 12.8. The minimum atomic E-state index is -0.606. The summed E-state index contributed by atoms with van der Waals surface area (Å²) in [6.07, 6.45) is 0.673. The number of aryl methyl sites for hydroxylation is 1. The molecular formula is C10H17N5O2. The van der Waals surface area contributed by atoms with E-state index in [4.69, 9.17) is 0 Å². The van der Waals surface area contributed by atoms with Gasteiger partial charge in [-0.25, -0.2) is 4.98 Å². The fourth-order valence-corrected chi connectivity index (χ4v) is 1.21. The van der Waals surface area contributed by atoms with E-state index < -0.39 is 11.9 Å². The average molecular weight is 239 g/mol. The van der Waals surface area contributed by atoms with Gasteiger partial charge in [-0.05, 0) is 13.8 Å². The fraction of sp³-hybridized carbons (Fsp3) is 0.600. The van der Waals surface area contributed by atoms with Crippen LogP contribution in [0.5, 0.6) is 0 Å². The van der Waals surface area contributed by atoms with Crippen molar-refractivity contribution in [2.75, 3.05) is 6.54 Å². The molecule has 0 spiro atoms. The zero-order valence-corrected chi connectivity index (χ0v) is 10.2. The molecule has 3 N–H and O–H groups in total. The van der Waals surface area contributed by atoms with Gasteiger partial charge in [0.1, 0.15) is 11.9 Å². The van der Waals surface area contributed by atoms with Gasteiger partial charge >= 0.3 is 0 Å². The molecule has 0 aliphatic carbocycles. The average Bonchev–Trinajstić information content (AvgIpc) is 2.77. The highest BCUT2D eigenvalue weighted by Gasteiger charge is 2.18. The van der Waals surface area contributed by atoms with Crippen molar-refractivity contribution >= 4 is 11.8 Å². The van der Waals surface area contributed by atoms with Crippen molar-refractivity contribution in [2.24, 2.45) is 0 Å². The normalized spacial score (nSPS) is 11.9. The molecule has 0 saturated carbocycles. The Balaban J connectivity index is 2.56. The molecular weight excluding hydrogens is 222 g/mol. The van der Waals surface area contributed by atoms with Gasteiger partial charge in [0.05, 0.1) is 0 Å². The second-order valence-corrected chi connectivity index (χ2v) is 3.55. The van der Waals surface area contributed by atoms with Crippen LogP contribution in [0.3, 0.4) is 0 Å². The molecule has 0 radical (unpaired) electrons. The Bertz CT molecular complexity index is 401. The number of nitrogens with zero attached hydrogens (tertiary/aromatic N) is 2. The number of H-pyrrole nitrogens is 1. The lowest BCUT2D eigenvalue weighted by atomic mass is 10.3. The van der Waals surface area contributed by atoms with Crippen molar-refractivity contribution in [2.45, 2.75) is 33.2 Å². The van der Waals surface area contributed by atoms with Crippen LogP contribution in [0.4, 0.5) is 0 Å². The first-order valence-electron chi connectivity index (χ1n) is 5.58. The number of likely N-dealkylation sites (N-methyl/N-ethyl adjacent to an activating group) is 1. The predicted molar refractivity (Wildman–Crippen MR) is 61.4 cm³/mol. The summed E-state index contributed by atoms with van der Waals surface area (Å²) in [6.45, 7) is 5.85. The number of hydrogen-bond donors (Lipinski definition) is 3. The molecule has 0 aliphatic heterocycles. The van der Waals surface area contributed by atoms with Gasteiger partial charge in [0.25, 0.3) is 5.91 Å². The van der Waals surface area contributed by atoms with Gasteiger partial charge in [0.15, 0.2) is 0 Å². The monoisotopic (exact) mass is 239 g/mol. The fourth-order valence-electron chi connectivity index (χ4n) is 1.21. The number of amides is 2. The highest BCUT2D eigenvalue weighted by atomic mass is 16.2. The van der Waals surface area contributed by atoms with E-state index in [1.807, 2.05) is 13.8 Å². The topological polar surface area (TPSA) is 99.8 Å². The molecule has 2 amide bonds. The van der Waals surface area contributed by atoms with Crippen molar-refractivity contribution < 1.29 is 9.59 Å². The second kappa shape index (κ2) is 5.97. The number of aromatic amines is 1. The van der Waals surface area contributed by atoms with Crippen molar-refractivity contribution in [3.8, 4) is 0 Å². The summed E-state index contributed by atoms with van der Waals surface area (Å²) in [5.41, 5.74) is 0. The Morgan fingerprint density at radius 3 is 2.65 bits per heavy atom.